The highest BCUT2D eigenvalue weighted by atomic mass is 16.4. The lowest BCUT2D eigenvalue weighted by atomic mass is 10.0. The van der Waals surface area contributed by atoms with E-state index in [2.05, 4.69) is 5.11 Å². The van der Waals surface area contributed by atoms with E-state index in [9.17, 15) is 14.4 Å². The summed E-state index contributed by atoms with van der Waals surface area (Å²) >= 11 is 0. The number of carbonyl (C=O) groups excluding carboxylic acids is 2. The number of carboxylic acid groups (broad SMARTS) is 1. The molecule has 0 aromatic rings. The molecule has 0 saturated carbocycles. The average molecular weight is 185 g/mol. The second kappa shape index (κ2) is 3.30. The molecule has 1 rings (SSSR count). The molecule has 0 radical (unpaired) electrons. The van der Waals surface area contributed by atoms with Crippen LogP contribution < -0.4 is 0 Å². The van der Waals surface area contributed by atoms with Crippen LogP contribution in [0.15, 0.2) is 5.11 Å². The fraction of sp³-hybridized carbons (Fsp3) is 0.500. The van der Waals surface area contributed by atoms with Gasteiger partial charge in [0, 0.05) is 0 Å². The summed E-state index contributed by atoms with van der Waals surface area (Å²) in [4.78, 5) is 33.1. The molecule has 1 aliphatic heterocycles. The molecule has 2 N–H and O–H groups in total. The predicted molar refractivity (Wildman–Crippen MR) is 38.5 cm³/mol. The van der Waals surface area contributed by atoms with Crippen molar-refractivity contribution in [2.24, 2.45) is 5.11 Å². The summed E-state index contributed by atoms with van der Waals surface area (Å²) in [7, 11) is 0. The molecule has 0 atom stereocenters. The molecule has 1 amide bonds. The van der Waals surface area contributed by atoms with E-state index in [4.69, 9.17) is 10.6 Å². The topological polar surface area (TPSA) is 111 Å². The van der Waals surface area contributed by atoms with Crippen LogP contribution in [-0.4, -0.2) is 46.8 Å². The number of ketones is 2. The largest absolute Gasteiger partial charge is 0.465 e. The van der Waals surface area contributed by atoms with E-state index in [-0.39, 0.29) is 13.1 Å². The zero-order chi connectivity index (χ0) is 10.0. The molecule has 13 heavy (non-hydrogen) atoms. The lowest BCUT2D eigenvalue weighted by molar-refractivity contribution is -0.133. The van der Waals surface area contributed by atoms with Gasteiger partial charge in [0.15, 0.2) is 17.6 Å². The van der Waals surface area contributed by atoms with Crippen LogP contribution >= 0.6 is 0 Å². The van der Waals surface area contributed by atoms with Crippen LogP contribution in [0.1, 0.15) is 0 Å². The Bertz CT molecular complexity index is 270. The van der Waals surface area contributed by atoms with Gasteiger partial charge >= 0.3 is 6.09 Å². The Kier molecular flexibility index (Phi) is 2.36. The second-order valence-electron chi connectivity index (χ2n) is 2.60. The quantitative estimate of drug-likeness (QED) is 0.424. The summed E-state index contributed by atoms with van der Waals surface area (Å²) in [5, 5.41) is 11.3. The summed E-state index contributed by atoms with van der Waals surface area (Å²) in [5.41, 5.74) is 6.55. The van der Waals surface area contributed by atoms with Crippen molar-refractivity contribution < 1.29 is 19.5 Å². The van der Waals surface area contributed by atoms with Crippen LogP contribution in [0.2, 0.25) is 0 Å². The van der Waals surface area contributed by atoms with E-state index in [1.54, 1.807) is 0 Å². The van der Waals surface area contributed by atoms with Crippen molar-refractivity contribution in [2.45, 2.75) is 6.04 Å². The first kappa shape index (κ1) is 9.30. The van der Waals surface area contributed by atoms with Gasteiger partial charge in [-0.3, -0.25) is 14.5 Å². The van der Waals surface area contributed by atoms with Crippen molar-refractivity contribution in [2.75, 3.05) is 13.1 Å². The van der Waals surface area contributed by atoms with E-state index in [0.717, 1.165) is 0 Å². The molecule has 0 unspecified atom stereocenters. The molecule has 7 heteroatoms. The van der Waals surface area contributed by atoms with Crippen molar-refractivity contribution in [3.05, 3.63) is 0 Å². The summed E-state index contributed by atoms with van der Waals surface area (Å²) in [5.74, 6) is -1.29. The number of likely N-dealkylation sites (tertiary alicyclic amines) is 1. The third kappa shape index (κ3) is 1.68. The molecule has 0 bridgehead atoms. The number of piperidine rings is 1. The molecule has 0 aromatic heterocycles. The Hall–Kier alpha value is -1.79. The zero-order valence-corrected chi connectivity index (χ0v) is 6.56. The SMILES string of the molecule is N=NC1C(=O)CN(C(=O)O)CC1=O. The first-order chi connectivity index (χ1) is 6.06. The van der Waals surface area contributed by atoms with Gasteiger partial charge in [0.1, 0.15) is 0 Å². The van der Waals surface area contributed by atoms with Gasteiger partial charge in [-0.15, -0.1) is 0 Å². The second-order valence-corrected chi connectivity index (χ2v) is 2.60. The molecule has 0 aromatic carbocycles. The highest BCUT2D eigenvalue weighted by molar-refractivity contribution is 6.11. The van der Waals surface area contributed by atoms with Gasteiger partial charge < -0.3 is 5.11 Å². The van der Waals surface area contributed by atoms with Crippen LogP contribution in [0.4, 0.5) is 4.79 Å². The molecule has 0 spiro atoms. The Morgan fingerprint density at radius 2 is 1.92 bits per heavy atom. The maximum absolute atomic E-state index is 11.0. The van der Waals surface area contributed by atoms with Crippen molar-refractivity contribution >= 4 is 17.7 Å². The van der Waals surface area contributed by atoms with Gasteiger partial charge in [-0.05, 0) is 0 Å². The Morgan fingerprint density at radius 1 is 1.46 bits per heavy atom. The fourth-order valence-corrected chi connectivity index (χ4v) is 1.06. The van der Waals surface area contributed by atoms with Gasteiger partial charge in [0.25, 0.3) is 0 Å². The molecular weight excluding hydrogens is 178 g/mol. The maximum Gasteiger partial charge on any atom is 0.408 e. The number of nitrogens with one attached hydrogen (secondary N) is 1. The number of Topliss-reactive ketones (excluding diaryl/α,β-unsaturated/α-hetero) is 2. The Morgan fingerprint density at radius 3 is 2.23 bits per heavy atom. The Balaban J connectivity index is 2.78. The number of hydrogen-bond donors (Lipinski definition) is 2. The normalized spacial score (nSPS) is 18.9. The minimum Gasteiger partial charge on any atom is -0.465 e. The van der Waals surface area contributed by atoms with Crippen LogP contribution in [-0.2, 0) is 9.59 Å². The first-order valence-electron chi connectivity index (χ1n) is 3.46. The lowest BCUT2D eigenvalue weighted by Gasteiger charge is -2.24. The molecule has 0 aliphatic carbocycles. The average Bonchev–Trinajstić information content (AvgIpc) is 2.03. The monoisotopic (exact) mass is 185 g/mol. The van der Waals surface area contributed by atoms with Crippen molar-refractivity contribution in [1.82, 2.24) is 4.90 Å². The number of nitrogens with zero attached hydrogens (tertiary/aromatic N) is 2. The van der Waals surface area contributed by atoms with Crippen LogP contribution in [0.5, 0.6) is 0 Å². The number of hydrogen-bond acceptors (Lipinski definition) is 5. The van der Waals surface area contributed by atoms with Gasteiger partial charge in [-0.1, -0.05) is 0 Å². The molecule has 1 heterocycles. The van der Waals surface area contributed by atoms with E-state index >= 15 is 0 Å². The predicted octanol–water partition coefficient (Wildman–Crippen LogP) is -0.482. The number of rotatable bonds is 1. The van der Waals surface area contributed by atoms with Crippen LogP contribution in [0.25, 0.3) is 0 Å². The summed E-state index contributed by atoms with van der Waals surface area (Å²) in [6, 6.07) is -1.30. The summed E-state index contributed by atoms with van der Waals surface area (Å²) in [6.07, 6.45) is -1.31. The van der Waals surface area contributed by atoms with E-state index in [1.165, 1.54) is 0 Å². The van der Waals surface area contributed by atoms with Crippen LogP contribution in [0.3, 0.4) is 0 Å². The number of amides is 1. The molecule has 7 nitrogen and oxygen atoms in total. The molecular formula is C6H7N3O4. The van der Waals surface area contributed by atoms with Crippen molar-refractivity contribution in [1.29, 1.82) is 5.53 Å². The van der Waals surface area contributed by atoms with Gasteiger partial charge in [-0.25, -0.2) is 10.3 Å². The first-order valence-corrected chi connectivity index (χ1v) is 3.46. The van der Waals surface area contributed by atoms with Crippen molar-refractivity contribution in [3.63, 3.8) is 0 Å². The highest BCUT2D eigenvalue weighted by Gasteiger charge is 2.36. The van der Waals surface area contributed by atoms with E-state index in [0.29, 0.717) is 4.90 Å². The van der Waals surface area contributed by atoms with E-state index in [1.807, 2.05) is 0 Å². The third-order valence-electron chi connectivity index (χ3n) is 1.70. The maximum atomic E-state index is 11.0. The molecule has 1 fully saturated rings. The smallest absolute Gasteiger partial charge is 0.408 e. The minimum atomic E-state index is -1.31. The standard InChI is InChI=1S/C6H7N3O4/c7-8-5-3(10)1-9(6(12)13)2-4(5)11/h5,7H,1-2H2,(H,12,13). The summed E-state index contributed by atoms with van der Waals surface area (Å²) in [6.45, 7) is -0.734. The molecule has 1 aliphatic rings. The fourth-order valence-electron chi connectivity index (χ4n) is 1.06. The zero-order valence-electron chi connectivity index (χ0n) is 6.56. The van der Waals surface area contributed by atoms with E-state index < -0.39 is 23.7 Å². The lowest BCUT2D eigenvalue weighted by Crippen LogP contribution is -2.51. The summed E-state index contributed by atoms with van der Waals surface area (Å²) < 4.78 is 0. The molecule has 1 saturated heterocycles. The van der Waals surface area contributed by atoms with Gasteiger partial charge in [0.2, 0.25) is 0 Å². The number of carbonyl (C=O) groups is 3. The minimum absolute atomic E-state index is 0.367. The Labute approximate surface area is 72.8 Å². The van der Waals surface area contributed by atoms with Gasteiger partial charge in [0.05, 0.1) is 13.1 Å². The third-order valence-corrected chi connectivity index (χ3v) is 1.70. The van der Waals surface area contributed by atoms with Crippen molar-refractivity contribution in [3.8, 4) is 0 Å². The van der Waals surface area contributed by atoms with Crippen LogP contribution in [0, 0.1) is 5.53 Å². The highest BCUT2D eigenvalue weighted by Crippen LogP contribution is 2.06. The van der Waals surface area contributed by atoms with Gasteiger partial charge in [-0.2, -0.15) is 5.11 Å². The molecule has 70 valence electrons.